The van der Waals surface area contributed by atoms with Gasteiger partial charge in [-0.3, -0.25) is 9.10 Å². The largest absolute Gasteiger partial charge is 0.353 e. The predicted octanol–water partition coefficient (Wildman–Crippen LogP) is 2.55. The number of hydrogen-bond acceptors (Lipinski definition) is 4. The van der Waals surface area contributed by atoms with Crippen LogP contribution in [0.5, 0.6) is 0 Å². The van der Waals surface area contributed by atoms with Gasteiger partial charge in [-0.05, 0) is 25.0 Å². The maximum Gasteiger partial charge on any atom is 0.232 e. The summed E-state index contributed by atoms with van der Waals surface area (Å²) in [5, 5.41) is 12.2. The summed E-state index contributed by atoms with van der Waals surface area (Å²) in [6.45, 7) is 0.0239. The van der Waals surface area contributed by atoms with Gasteiger partial charge in [-0.1, -0.05) is 37.8 Å². The van der Waals surface area contributed by atoms with Gasteiger partial charge in [-0.2, -0.15) is 5.26 Å². The SMILES string of the molecule is CS(=O)(=O)N(CCC(=O)NC1CCCCCC1)c1ccccc1C#N. The molecule has 0 heterocycles. The lowest BCUT2D eigenvalue weighted by Gasteiger charge is -2.24. The van der Waals surface area contributed by atoms with Gasteiger partial charge in [0.05, 0.1) is 17.5 Å². The minimum absolute atomic E-state index is 0.0239. The number of carbonyl (C=O) groups excluding carboxylic acids is 1. The maximum absolute atomic E-state index is 12.2. The van der Waals surface area contributed by atoms with Crippen molar-refractivity contribution in [2.75, 3.05) is 17.1 Å². The Hall–Kier alpha value is -2.07. The highest BCUT2D eigenvalue weighted by atomic mass is 32.2. The number of sulfonamides is 1. The first-order valence-electron chi connectivity index (χ1n) is 8.68. The third kappa shape index (κ3) is 5.75. The Kier molecular flexibility index (Phi) is 6.82. The van der Waals surface area contributed by atoms with Crippen molar-refractivity contribution >= 4 is 21.6 Å². The van der Waals surface area contributed by atoms with E-state index < -0.39 is 10.0 Å². The van der Waals surface area contributed by atoms with Crippen LogP contribution in [0.1, 0.15) is 50.5 Å². The molecule has 6 nitrogen and oxygen atoms in total. The van der Waals surface area contributed by atoms with E-state index in [0.29, 0.717) is 5.69 Å². The fourth-order valence-electron chi connectivity index (χ4n) is 3.18. The van der Waals surface area contributed by atoms with Gasteiger partial charge in [0.2, 0.25) is 15.9 Å². The molecule has 1 saturated carbocycles. The van der Waals surface area contributed by atoms with Crippen LogP contribution in [0.2, 0.25) is 0 Å². The Bertz CT molecular complexity index is 732. The van der Waals surface area contributed by atoms with E-state index in [1.807, 2.05) is 6.07 Å². The fourth-order valence-corrected chi connectivity index (χ4v) is 4.12. The third-order valence-electron chi connectivity index (χ3n) is 4.46. The van der Waals surface area contributed by atoms with Crippen LogP contribution in [0.15, 0.2) is 24.3 Å². The van der Waals surface area contributed by atoms with Gasteiger partial charge in [0.1, 0.15) is 6.07 Å². The molecule has 0 spiro atoms. The van der Waals surface area contributed by atoms with Crippen molar-refractivity contribution in [2.24, 2.45) is 0 Å². The van der Waals surface area contributed by atoms with Crippen LogP contribution in [-0.2, 0) is 14.8 Å². The molecule has 0 saturated heterocycles. The van der Waals surface area contributed by atoms with Crippen molar-refractivity contribution in [2.45, 2.75) is 51.0 Å². The molecule has 1 fully saturated rings. The predicted molar refractivity (Wildman–Crippen MR) is 97.6 cm³/mol. The van der Waals surface area contributed by atoms with Gasteiger partial charge in [0, 0.05) is 19.0 Å². The number of nitrogens with one attached hydrogen (secondary N) is 1. The number of anilines is 1. The third-order valence-corrected chi connectivity index (χ3v) is 5.64. The van der Waals surface area contributed by atoms with Crippen molar-refractivity contribution in [3.63, 3.8) is 0 Å². The summed E-state index contributed by atoms with van der Waals surface area (Å²) in [6.07, 6.45) is 7.79. The Morgan fingerprint density at radius 1 is 1.24 bits per heavy atom. The molecule has 7 heteroatoms. The Morgan fingerprint density at radius 2 is 1.88 bits per heavy atom. The smallest absolute Gasteiger partial charge is 0.232 e. The van der Waals surface area contributed by atoms with Crippen LogP contribution < -0.4 is 9.62 Å². The lowest BCUT2D eigenvalue weighted by atomic mass is 10.1. The zero-order chi connectivity index (χ0) is 18.3. The van der Waals surface area contributed by atoms with Gasteiger partial charge in [-0.15, -0.1) is 0 Å². The Balaban J connectivity index is 2.03. The second-order valence-corrected chi connectivity index (χ2v) is 8.38. The minimum Gasteiger partial charge on any atom is -0.353 e. The standard InChI is InChI=1S/C18H25N3O3S/c1-25(23,24)21(17-11-7-6-8-15(17)14-19)13-12-18(22)20-16-9-4-2-3-5-10-16/h6-8,11,16H,2-5,9-10,12-13H2,1H3,(H,20,22). The molecule has 0 aliphatic heterocycles. The first-order chi connectivity index (χ1) is 11.9. The summed E-state index contributed by atoms with van der Waals surface area (Å²) >= 11 is 0. The second kappa shape index (κ2) is 8.86. The van der Waals surface area contributed by atoms with Crippen LogP contribution in [0.4, 0.5) is 5.69 Å². The molecule has 136 valence electrons. The molecule has 1 N–H and O–H groups in total. The molecule has 0 atom stereocenters. The lowest BCUT2D eigenvalue weighted by molar-refractivity contribution is -0.121. The molecule has 0 bridgehead atoms. The zero-order valence-corrected chi connectivity index (χ0v) is 15.4. The van der Waals surface area contributed by atoms with Crippen molar-refractivity contribution in [3.8, 4) is 6.07 Å². The average Bonchev–Trinajstić information content (AvgIpc) is 2.83. The van der Waals surface area contributed by atoms with Gasteiger partial charge in [-0.25, -0.2) is 8.42 Å². The fraction of sp³-hybridized carbons (Fsp3) is 0.556. The number of nitriles is 1. The van der Waals surface area contributed by atoms with Crippen LogP contribution in [0, 0.1) is 11.3 Å². The second-order valence-electron chi connectivity index (χ2n) is 6.47. The molecule has 1 amide bonds. The van der Waals surface area contributed by atoms with Crippen molar-refractivity contribution in [1.29, 1.82) is 5.26 Å². The topological polar surface area (TPSA) is 90.3 Å². The number of benzene rings is 1. The van der Waals surface area contributed by atoms with E-state index in [1.54, 1.807) is 24.3 Å². The molecular formula is C18H25N3O3S. The highest BCUT2D eigenvalue weighted by Crippen LogP contribution is 2.22. The van der Waals surface area contributed by atoms with Crippen LogP contribution in [0.25, 0.3) is 0 Å². The molecule has 25 heavy (non-hydrogen) atoms. The van der Waals surface area contributed by atoms with E-state index >= 15 is 0 Å². The van der Waals surface area contributed by atoms with Crippen molar-refractivity contribution in [3.05, 3.63) is 29.8 Å². The molecule has 1 aliphatic rings. The van der Waals surface area contributed by atoms with Gasteiger partial charge >= 0.3 is 0 Å². The number of rotatable bonds is 6. The Morgan fingerprint density at radius 3 is 2.48 bits per heavy atom. The lowest BCUT2D eigenvalue weighted by Crippen LogP contribution is -2.38. The number of hydrogen-bond donors (Lipinski definition) is 1. The number of nitrogens with zero attached hydrogens (tertiary/aromatic N) is 2. The first-order valence-corrected chi connectivity index (χ1v) is 10.5. The zero-order valence-electron chi connectivity index (χ0n) is 14.6. The number of amides is 1. The van der Waals surface area contributed by atoms with Gasteiger partial charge < -0.3 is 5.32 Å². The molecule has 2 rings (SSSR count). The summed E-state index contributed by atoms with van der Waals surface area (Å²) in [6, 6.07) is 8.71. The summed E-state index contributed by atoms with van der Waals surface area (Å²) in [5.41, 5.74) is 0.590. The maximum atomic E-state index is 12.2. The van der Waals surface area contributed by atoms with Gasteiger partial charge in [0.15, 0.2) is 0 Å². The monoisotopic (exact) mass is 363 g/mol. The quantitative estimate of drug-likeness (QED) is 0.787. The highest BCUT2D eigenvalue weighted by molar-refractivity contribution is 7.92. The number of para-hydroxylation sites is 1. The molecule has 1 aromatic carbocycles. The van der Waals surface area contributed by atoms with E-state index in [9.17, 15) is 18.5 Å². The Labute approximate surface area is 149 Å². The van der Waals surface area contributed by atoms with Crippen LogP contribution in [0.3, 0.4) is 0 Å². The minimum atomic E-state index is -3.58. The summed E-state index contributed by atoms with van der Waals surface area (Å²) < 4.78 is 25.4. The molecular weight excluding hydrogens is 338 g/mol. The highest BCUT2D eigenvalue weighted by Gasteiger charge is 2.22. The number of carbonyl (C=O) groups is 1. The molecule has 1 aromatic rings. The van der Waals surface area contributed by atoms with E-state index in [4.69, 9.17) is 0 Å². The van der Waals surface area contributed by atoms with Crippen molar-refractivity contribution < 1.29 is 13.2 Å². The summed E-state index contributed by atoms with van der Waals surface area (Å²) in [4.78, 5) is 12.2. The van der Waals surface area contributed by atoms with Crippen LogP contribution in [-0.4, -0.2) is 33.2 Å². The van der Waals surface area contributed by atoms with E-state index in [1.165, 1.54) is 12.8 Å². The van der Waals surface area contributed by atoms with Crippen LogP contribution >= 0.6 is 0 Å². The molecule has 0 radical (unpaired) electrons. The molecule has 0 unspecified atom stereocenters. The summed E-state index contributed by atoms with van der Waals surface area (Å²) in [5.74, 6) is -0.144. The normalized spacial score (nSPS) is 15.8. The van der Waals surface area contributed by atoms with E-state index in [-0.39, 0.29) is 30.5 Å². The summed E-state index contributed by atoms with van der Waals surface area (Å²) in [7, 11) is -3.58. The van der Waals surface area contributed by atoms with E-state index in [2.05, 4.69) is 5.32 Å². The van der Waals surface area contributed by atoms with Gasteiger partial charge in [0.25, 0.3) is 0 Å². The molecule has 0 aromatic heterocycles. The van der Waals surface area contributed by atoms with Crippen molar-refractivity contribution in [1.82, 2.24) is 5.32 Å². The molecule has 1 aliphatic carbocycles. The average molecular weight is 363 g/mol. The first kappa shape index (κ1) is 19.3. The van der Waals surface area contributed by atoms with E-state index in [0.717, 1.165) is 36.2 Å².